The Morgan fingerprint density at radius 3 is 2.44 bits per heavy atom. The number of hydrogen-bond donors (Lipinski definition) is 1. The number of ether oxygens (including phenoxy) is 1. The fourth-order valence-corrected chi connectivity index (χ4v) is 2.87. The fourth-order valence-electron chi connectivity index (χ4n) is 2.87. The third kappa shape index (κ3) is 4.18. The third-order valence-corrected chi connectivity index (χ3v) is 4.20. The molecule has 0 saturated carbocycles. The Morgan fingerprint density at radius 1 is 1.12 bits per heavy atom. The number of anilines is 1. The number of carbonyl (C=O) groups is 2. The predicted molar refractivity (Wildman–Crippen MR) is 96.8 cm³/mol. The third-order valence-electron chi connectivity index (χ3n) is 4.20. The van der Waals surface area contributed by atoms with E-state index in [9.17, 15) is 9.59 Å². The molecule has 0 radical (unpaired) electrons. The average Bonchev–Trinajstić information content (AvgIpc) is 3.07. The standard InChI is InChI=1S/C20H22N2O3/c1-2-25-18-11-5-15(6-12-18)14-21-20(24)16-7-9-17(10-8-16)22-13-3-4-19(22)23/h5-12H,2-4,13-14H2,1H3,(H,21,24). The summed E-state index contributed by atoms with van der Waals surface area (Å²) >= 11 is 0. The summed E-state index contributed by atoms with van der Waals surface area (Å²) in [5.41, 5.74) is 2.45. The summed E-state index contributed by atoms with van der Waals surface area (Å²) in [7, 11) is 0. The van der Waals surface area contributed by atoms with E-state index in [4.69, 9.17) is 4.74 Å². The summed E-state index contributed by atoms with van der Waals surface area (Å²) in [4.78, 5) is 25.8. The minimum Gasteiger partial charge on any atom is -0.494 e. The zero-order valence-electron chi connectivity index (χ0n) is 14.3. The highest BCUT2D eigenvalue weighted by Crippen LogP contribution is 2.21. The molecule has 5 nitrogen and oxygen atoms in total. The highest BCUT2D eigenvalue weighted by atomic mass is 16.5. The largest absolute Gasteiger partial charge is 0.494 e. The number of benzene rings is 2. The van der Waals surface area contributed by atoms with Crippen LogP contribution in [0.2, 0.25) is 0 Å². The van der Waals surface area contributed by atoms with E-state index in [2.05, 4.69) is 5.32 Å². The van der Waals surface area contributed by atoms with Crippen molar-refractivity contribution in [3.63, 3.8) is 0 Å². The Hall–Kier alpha value is -2.82. The van der Waals surface area contributed by atoms with Crippen molar-refractivity contribution in [1.29, 1.82) is 0 Å². The van der Waals surface area contributed by atoms with Gasteiger partial charge in [-0.05, 0) is 55.3 Å². The zero-order valence-corrected chi connectivity index (χ0v) is 14.3. The summed E-state index contributed by atoms with van der Waals surface area (Å²) in [5, 5.41) is 2.90. The van der Waals surface area contributed by atoms with Crippen molar-refractivity contribution in [3.8, 4) is 5.75 Å². The number of rotatable bonds is 6. The molecule has 1 aliphatic rings. The van der Waals surface area contributed by atoms with Gasteiger partial charge in [0.1, 0.15) is 5.75 Å². The molecule has 130 valence electrons. The zero-order chi connectivity index (χ0) is 17.6. The van der Waals surface area contributed by atoms with Crippen LogP contribution in [0.1, 0.15) is 35.7 Å². The number of nitrogens with zero attached hydrogens (tertiary/aromatic N) is 1. The molecular weight excluding hydrogens is 316 g/mol. The lowest BCUT2D eigenvalue weighted by atomic mass is 10.1. The normalized spacial score (nSPS) is 13.8. The molecule has 0 aliphatic carbocycles. The lowest BCUT2D eigenvalue weighted by Crippen LogP contribution is -2.24. The van der Waals surface area contributed by atoms with Gasteiger partial charge in [0, 0.05) is 30.8 Å². The van der Waals surface area contributed by atoms with E-state index in [0.29, 0.717) is 25.1 Å². The van der Waals surface area contributed by atoms with Crippen molar-refractivity contribution in [2.45, 2.75) is 26.3 Å². The van der Waals surface area contributed by atoms with E-state index >= 15 is 0 Å². The smallest absolute Gasteiger partial charge is 0.251 e. The first-order valence-corrected chi connectivity index (χ1v) is 8.57. The van der Waals surface area contributed by atoms with Crippen LogP contribution in [0, 0.1) is 0 Å². The van der Waals surface area contributed by atoms with Gasteiger partial charge >= 0.3 is 0 Å². The van der Waals surface area contributed by atoms with Crippen LogP contribution < -0.4 is 15.0 Å². The molecule has 1 fully saturated rings. The summed E-state index contributed by atoms with van der Waals surface area (Å²) in [6.07, 6.45) is 1.49. The molecule has 2 aromatic rings. The molecule has 1 N–H and O–H groups in total. The topological polar surface area (TPSA) is 58.6 Å². The van der Waals surface area contributed by atoms with Crippen molar-refractivity contribution >= 4 is 17.5 Å². The minimum atomic E-state index is -0.131. The first-order chi connectivity index (χ1) is 12.2. The molecular formula is C20H22N2O3. The van der Waals surface area contributed by atoms with Gasteiger partial charge in [0.05, 0.1) is 6.61 Å². The molecule has 5 heteroatoms. The molecule has 1 heterocycles. The fraction of sp³-hybridized carbons (Fsp3) is 0.300. The molecule has 0 spiro atoms. The van der Waals surface area contributed by atoms with Crippen molar-refractivity contribution in [2.24, 2.45) is 0 Å². The van der Waals surface area contributed by atoms with Crippen LogP contribution in [0.15, 0.2) is 48.5 Å². The lowest BCUT2D eigenvalue weighted by Gasteiger charge is -2.15. The second kappa shape index (κ2) is 7.83. The SMILES string of the molecule is CCOc1ccc(CNC(=O)c2ccc(N3CCCC3=O)cc2)cc1. The molecule has 1 aliphatic heterocycles. The molecule has 0 aromatic heterocycles. The van der Waals surface area contributed by atoms with Crippen LogP contribution in [-0.2, 0) is 11.3 Å². The van der Waals surface area contributed by atoms with Crippen molar-refractivity contribution in [1.82, 2.24) is 5.32 Å². The molecule has 2 amide bonds. The van der Waals surface area contributed by atoms with Crippen LogP contribution in [0.4, 0.5) is 5.69 Å². The minimum absolute atomic E-state index is 0.131. The predicted octanol–water partition coefficient (Wildman–Crippen LogP) is 3.14. The van der Waals surface area contributed by atoms with Gasteiger partial charge in [-0.25, -0.2) is 0 Å². The molecule has 0 atom stereocenters. The van der Waals surface area contributed by atoms with Gasteiger partial charge in [0.25, 0.3) is 5.91 Å². The van der Waals surface area contributed by atoms with Crippen LogP contribution >= 0.6 is 0 Å². The van der Waals surface area contributed by atoms with E-state index in [-0.39, 0.29) is 11.8 Å². The van der Waals surface area contributed by atoms with E-state index in [1.807, 2.05) is 43.3 Å². The maximum absolute atomic E-state index is 12.3. The lowest BCUT2D eigenvalue weighted by molar-refractivity contribution is -0.117. The highest BCUT2D eigenvalue weighted by molar-refractivity contribution is 5.97. The second-order valence-electron chi connectivity index (χ2n) is 5.96. The van der Waals surface area contributed by atoms with Crippen LogP contribution in [0.25, 0.3) is 0 Å². The molecule has 0 bridgehead atoms. The Labute approximate surface area is 147 Å². The maximum atomic E-state index is 12.3. The Bertz CT molecular complexity index is 739. The Kier molecular flexibility index (Phi) is 5.33. The van der Waals surface area contributed by atoms with Gasteiger partial charge in [-0.15, -0.1) is 0 Å². The van der Waals surface area contributed by atoms with Crippen molar-refractivity contribution in [3.05, 3.63) is 59.7 Å². The maximum Gasteiger partial charge on any atom is 0.251 e. The summed E-state index contributed by atoms with van der Waals surface area (Å²) in [5.74, 6) is 0.838. The van der Waals surface area contributed by atoms with E-state index in [0.717, 1.165) is 30.0 Å². The Balaban J connectivity index is 1.56. The van der Waals surface area contributed by atoms with Crippen LogP contribution in [0.5, 0.6) is 5.75 Å². The first-order valence-electron chi connectivity index (χ1n) is 8.57. The van der Waals surface area contributed by atoms with Crippen LogP contribution in [-0.4, -0.2) is 25.0 Å². The summed E-state index contributed by atoms with van der Waals surface area (Å²) in [6, 6.07) is 14.8. The number of nitrogens with one attached hydrogen (secondary N) is 1. The molecule has 1 saturated heterocycles. The van der Waals surface area contributed by atoms with Crippen molar-refractivity contribution < 1.29 is 14.3 Å². The first kappa shape index (κ1) is 17.0. The van der Waals surface area contributed by atoms with Gasteiger partial charge in [-0.2, -0.15) is 0 Å². The van der Waals surface area contributed by atoms with Crippen molar-refractivity contribution in [2.75, 3.05) is 18.1 Å². The van der Waals surface area contributed by atoms with E-state index < -0.39 is 0 Å². The summed E-state index contributed by atoms with van der Waals surface area (Å²) < 4.78 is 5.40. The average molecular weight is 338 g/mol. The van der Waals surface area contributed by atoms with Gasteiger partial charge in [0.15, 0.2) is 0 Å². The number of hydrogen-bond acceptors (Lipinski definition) is 3. The number of carbonyl (C=O) groups excluding carboxylic acids is 2. The second-order valence-corrected chi connectivity index (χ2v) is 5.96. The molecule has 2 aromatic carbocycles. The van der Waals surface area contributed by atoms with Gasteiger partial charge < -0.3 is 15.0 Å². The van der Waals surface area contributed by atoms with Gasteiger partial charge in [0.2, 0.25) is 5.91 Å². The number of amides is 2. The van der Waals surface area contributed by atoms with Gasteiger partial charge in [-0.3, -0.25) is 9.59 Å². The summed E-state index contributed by atoms with van der Waals surface area (Å²) in [6.45, 7) is 3.79. The van der Waals surface area contributed by atoms with E-state index in [1.165, 1.54) is 0 Å². The molecule has 0 unspecified atom stereocenters. The molecule has 3 rings (SSSR count). The molecule has 25 heavy (non-hydrogen) atoms. The monoisotopic (exact) mass is 338 g/mol. The Morgan fingerprint density at radius 2 is 1.84 bits per heavy atom. The highest BCUT2D eigenvalue weighted by Gasteiger charge is 2.21. The quantitative estimate of drug-likeness (QED) is 0.880. The van der Waals surface area contributed by atoms with Crippen LogP contribution in [0.3, 0.4) is 0 Å². The van der Waals surface area contributed by atoms with E-state index in [1.54, 1.807) is 17.0 Å². The van der Waals surface area contributed by atoms with Gasteiger partial charge in [-0.1, -0.05) is 12.1 Å².